The van der Waals surface area contributed by atoms with Crippen LogP contribution >= 0.6 is 0 Å². The molecule has 0 bridgehead atoms. The third-order valence-corrected chi connectivity index (χ3v) is 1.84. The first-order chi connectivity index (χ1) is 7.83. The lowest BCUT2D eigenvalue weighted by Gasteiger charge is -2.06. The van der Waals surface area contributed by atoms with Crippen molar-refractivity contribution in [3.63, 3.8) is 0 Å². The van der Waals surface area contributed by atoms with E-state index in [9.17, 15) is 0 Å². The van der Waals surface area contributed by atoms with Gasteiger partial charge in [0.15, 0.2) is 0 Å². The zero-order chi connectivity index (χ0) is 11.4. The highest BCUT2D eigenvalue weighted by molar-refractivity contribution is 5.29. The molecule has 16 heavy (non-hydrogen) atoms. The third kappa shape index (κ3) is 2.08. The molecule has 0 saturated heterocycles. The Hall–Kier alpha value is -2.18. The highest BCUT2D eigenvalue weighted by atomic mass is 16.5. The van der Waals surface area contributed by atoms with Gasteiger partial charge in [0.25, 0.3) is 0 Å². The minimum Gasteiger partial charge on any atom is -0.464 e. The molecular formula is C9H12N6O. The van der Waals surface area contributed by atoms with E-state index in [2.05, 4.69) is 25.3 Å². The molecule has 0 unspecified atom stereocenters. The van der Waals surface area contributed by atoms with Crippen LogP contribution in [0.2, 0.25) is 0 Å². The van der Waals surface area contributed by atoms with Gasteiger partial charge in [0.1, 0.15) is 6.33 Å². The maximum absolute atomic E-state index is 5.25. The Morgan fingerprint density at radius 1 is 1.38 bits per heavy atom. The summed E-state index contributed by atoms with van der Waals surface area (Å²) in [4.78, 5) is 16.3. The number of rotatable bonds is 4. The van der Waals surface area contributed by atoms with Gasteiger partial charge >= 0.3 is 6.01 Å². The van der Waals surface area contributed by atoms with Gasteiger partial charge in [-0.15, -0.1) is 0 Å². The summed E-state index contributed by atoms with van der Waals surface area (Å²) in [7, 11) is 1.74. The van der Waals surface area contributed by atoms with Gasteiger partial charge in [-0.25, -0.2) is 4.98 Å². The summed E-state index contributed by atoms with van der Waals surface area (Å²) >= 11 is 0. The highest BCUT2D eigenvalue weighted by Gasteiger charge is 2.07. The number of ether oxygens (including phenoxy) is 1. The number of hydrogen-bond acceptors (Lipinski definition) is 6. The number of nitrogens with zero attached hydrogens (tertiary/aromatic N) is 5. The van der Waals surface area contributed by atoms with Gasteiger partial charge in [0, 0.05) is 19.4 Å². The number of imidazole rings is 1. The van der Waals surface area contributed by atoms with Crippen LogP contribution in [0, 0.1) is 0 Å². The zero-order valence-corrected chi connectivity index (χ0v) is 9.08. The molecule has 2 aromatic heterocycles. The molecule has 0 amide bonds. The van der Waals surface area contributed by atoms with Gasteiger partial charge in [-0.1, -0.05) is 0 Å². The molecule has 2 rings (SSSR count). The fourth-order valence-corrected chi connectivity index (χ4v) is 1.14. The number of nitrogens with one attached hydrogen (secondary N) is 1. The van der Waals surface area contributed by atoms with Crippen LogP contribution in [-0.2, 0) is 0 Å². The van der Waals surface area contributed by atoms with Crippen LogP contribution in [0.5, 0.6) is 6.01 Å². The Kier molecular flexibility index (Phi) is 2.95. The number of hydrogen-bond donors (Lipinski definition) is 1. The van der Waals surface area contributed by atoms with Crippen LogP contribution in [0.25, 0.3) is 5.95 Å². The summed E-state index contributed by atoms with van der Waals surface area (Å²) in [6.07, 6.45) is 5.03. The maximum atomic E-state index is 5.25. The maximum Gasteiger partial charge on any atom is 0.323 e. The predicted molar refractivity (Wildman–Crippen MR) is 57.7 cm³/mol. The van der Waals surface area contributed by atoms with E-state index in [1.165, 1.54) is 0 Å². The van der Waals surface area contributed by atoms with Crippen molar-refractivity contribution in [3.05, 3.63) is 18.7 Å². The molecule has 0 aliphatic carbocycles. The van der Waals surface area contributed by atoms with E-state index in [-0.39, 0.29) is 0 Å². The Bertz CT molecular complexity index is 455. The minimum absolute atomic E-state index is 0.297. The molecule has 84 valence electrons. The monoisotopic (exact) mass is 220 g/mol. The van der Waals surface area contributed by atoms with E-state index in [4.69, 9.17) is 4.74 Å². The molecule has 1 N–H and O–H groups in total. The fourth-order valence-electron chi connectivity index (χ4n) is 1.14. The summed E-state index contributed by atoms with van der Waals surface area (Å²) in [6.45, 7) is 2.39. The van der Waals surface area contributed by atoms with Crippen molar-refractivity contribution in [2.24, 2.45) is 0 Å². The second-order valence-corrected chi connectivity index (χ2v) is 2.89. The van der Waals surface area contributed by atoms with Gasteiger partial charge < -0.3 is 10.1 Å². The summed E-state index contributed by atoms with van der Waals surface area (Å²) in [5, 5.41) is 2.85. The average Bonchev–Trinajstić information content (AvgIpc) is 2.82. The van der Waals surface area contributed by atoms with Gasteiger partial charge in [-0.3, -0.25) is 4.57 Å². The lowest BCUT2D eigenvalue weighted by molar-refractivity contribution is 0.311. The van der Waals surface area contributed by atoms with Crippen molar-refractivity contribution in [2.45, 2.75) is 6.92 Å². The molecule has 0 atom stereocenters. The standard InChI is InChI=1S/C9H12N6O/c1-3-16-9-13-7(10-2)12-8(14-9)15-5-4-11-6-15/h4-6H,3H2,1-2H3,(H,10,12,13,14). The molecule has 0 fully saturated rings. The van der Waals surface area contributed by atoms with Gasteiger partial charge in [0.2, 0.25) is 11.9 Å². The summed E-state index contributed by atoms with van der Waals surface area (Å²) in [6, 6.07) is 0.297. The predicted octanol–water partition coefficient (Wildman–Crippen LogP) is 0.498. The Morgan fingerprint density at radius 3 is 2.88 bits per heavy atom. The minimum atomic E-state index is 0.297. The second-order valence-electron chi connectivity index (χ2n) is 2.89. The smallest absolute Gasteiger partial charge is 0.323 e. The molecule has 7 nitrogen and oxygen atoms in total. The topological polar surface area (TPSA) is 77.8 Å². The highest BCUT2D eigenvalue weighted by Crippen LogP contribution is 2.10. The van der Waals surface area contributed by atoms with E-state index < -0.39 is 0 Å². The van der Waals surface area contributed by atoms with E-state index >= 15 is 0 Å². The van der Waals surface area contributed by atoms with E-state index in [1.807, 2.05) is 6.92 Å². The van der Waals surface area contributed by atoms with Crippen LogP contribution in [-0.4, -0.2) is 38.2 Å². The van der Waals surface area contributed by atoms with Crippen molar-refractivity contribution in [1.29, 1.82) is 0 Å². The molecule has 0 radical (unpaired) electrons. The van der Waals surface area contributed by atoms with Crippen molar-refractivity contribution < 1.29 is 4.74 Å². The summed E-state index contributed by atoms with van der Waals surface area (Å²) in [5.41, 5.74) is 0. The van der Waals surface area contributed by atoms with Crippen LogP contribution in [0.15, 0.2) is 18.7 Å². The van der Waals surface area contributed by atoms with Crippen LogP contribution < -0.4 is 10.1 Å². The molecule has 2 heterocycles. The molecule has 0 aliphatic heterocycles. The Labute approximate surface area is 92.5 Å². The molecule has 2 aromatic rings. The SMILES string of the molecule is CCOc1nc(NC)nc(-n2ccnc2)n1. The Balaban J connectivity index is 2.41. The lowest BCUT2D eigenvalue weighted by atomic mass is 10.8. The first-order valence-corrected chi connectivity index (χ1v) is 4.88. The molecule has 0 aliphatic rings. The molecule has 7 heteroatoms. The van der Waals surface area contributed by atoms with Gasteiger partial charge in [0.05, 0.1) is 6.61 Å². The van der Waals surface area contributed by atoms with Crippen molar-refractivity contribution in [3.8, 4) is 12.0 Å². The van der Waals surface area contributed by atoms with Crippen molar-refractivity contribution in [1.82, 2.24) is 24.5 Å². The zero-order valence-electron chi connectivity index (χ0n) is 9.08. The largest absolute Gasteiger partial charge is 0.464 e. The lowest BCUT2D eigenvalue weighted by Crippen LogP contribution is -2.08. The van der Waals surface area contributed by atoms with Crippen LogP contribution in [0.1, 0.15) is 6.92 Å². The quantitative estimate of drug-likeness (QED) is 0.808. The van der Waals surface area contributed by atoms with Crippen LogP contribution in [0.4, 0.5) is 5.95 Å². The van der Waals surface area contributed by atoms with E-state index in [1.54, 1.807) is 30.3 Å². The van der Waals surface area contributed by atoms with Gasteiger partial charge in [-0.05, 0) is 6.92 Å². The molecular weight excluding hydrogens is 208 g/mol. The molecule has 0 spiro atoms. The van der Waals surface area contributed by atoms with Crippen molar-refractivity contribution >= 4 is 5.95 Å². The first kappa shape index (κ1) is 10.3. The van der Waals surface area contributed by atoms with E-state index in [0.717, 1.165) is 0 Å². The molecule has 0 saturated carbocycles. The van der Waals surface area contributed by atoms with Gasteiger partial charge in [-0.2, -0.15) is 15.0 Å². The number of anilines is 1. The Morgan fingerprint density at radius 2 is 2.25 bits per heavy atom. The summed E-state index contributed by atoms with van der Waals surface area (Å²) < 4.78 is 6.94. The number of aromatic nitrogens is 5. The normalized spacial score (nSPS) is 10.1. The third-order valence-electron chi connectivity index (χ3n) is 1.84. The molecule has 0 aromatic carbocycles. The second kappa shape index (κ2) is 4.56. The average molecular weight is 220 g/mol. The van der Waals surface area contributed by atoms with E-state index in [0.29, 0.717) is 24.5 Å². The van der Waals surface area contributed by atoms with Crippen molar-refractivity contribution in [2.75, 3.05) is 19.0 Å². The fraction of sp³-hybridized carbons (Fsp3) is 0.333. The summed E-state index contributed by atoms with van der Waals surface area (Å²) in [5.74, 6) is 0.933. The first-order valence-electron chi connectivity index (χ1n) is 4.88. The van der Waals surface area contributed by atoms with Crippen LogP contribution in [0.3, 0.4) is 0 Å².